The molecular formula is C30H37ClN2O5. The molecule has 1 unspecified atom stereocenters. The monoisotopic (exact) mass is 540 g/mol. The van der Waals surface area contributed by atoms with Gasteiger partial charge in [0.1, 0.15) is 5.76 Å². The van der Waals surface area contributed by atoms with Crippen molar-refractivity contribution in [3.05, 3.63) is 75.8 Å². The molecule has 0 bridgehead atoms. The number of aliphatic hydroxyl groups is 1. The number of carbonyl (C=O) groups is 3. The van der Waals surface area contributed by atoms with Gasteiger partial charge in [-0.05, 0) is 80.9 Å². The number of hydrogen-bond donors (Lipinski definition) is 1. The molecule has 3 rings (SSSR count). The summed E-state index contributed by atoms with van der Waals surface area (Å²) in [7, 11) is 1.31. The third kappa shape index (κ3) is 7.03. The summed E-state index contributed by atoms with van der Waals surface area (Å²) in [4.78, 5) is 42.4. The summed E-state index contributed by atoms with van der Waals surface area (Å²) in [6, 6.07) is 12.3. The minimum absolute atomic E-state index is 0.0250. The molecule has 1 N–H and O–H groups in total. The highest BCUT2D eigenvalue weighted by molar-refractivity contribution is 6.46. The Morgan fingerprint density at radius 3 is 2.03 bits per heavy atom. The lowest BCUT2D eigenvalue weighted by atomic mass is 9.94. The molecule has 1 heterocycles. The van der Waals surface area contributed by atoms with Crippen LogP contribution in [0.3, 0.4) is 0 Å². The fourth-order valence-corrected chi connectivity index (χ4v) is 4.83. The van der Waals surface area contributed by atoms with Crippen molar-refractivity contribution in [3.8, 4) is 0 Å². The summed E-state index contributed by atoms with van der Waals surface area (Å²) in [5.41, 5.74) is 1.40. The van der Waals surface area contributed by atoms with Crippen molar-refractivity contribution < 1.29 is 24.2 Å². The van der Waals surface area contributed by atoms with Gasteiger partial charge < -0.3 is 19.6 Å². The second-order valence-electron chi connectivity index (χ2n) is 9.52. The molecule has 1 aliphatic rings. The van der Waals surface area contributed by atoms with Gasteiger partial charge in [0.05, 0.1) is 24.3 Å². The number of unbranched alkanes of at least 4 members (excludes halogenated alkanes) is 2. The van der Waals surface area contributed by atoms with Crippen molar-refractivity contribution in [2.45, 2.75) is 52.0 Å². The van der Waals surface area contributed by atoms with E-state index in [0.29, 0.717) is 34.7 Å². The first-order valence-electron chi connectivity index (χ1n) is 13.3. The highest BCUT2D eigenvalue weighted by Crippen LogP contribution is 2.39. The van der Waals surface area contributed by atoms with E-state index in [1.54, 1.807) is 48.5 Å². The van der Waals surface area contributed by atoms with Gasteiger partial charge in [0, 0.05) is 17.1 Å². The van der Waals surface area contributed by atoms with E-state index in [0.717, 1.165) is 45.3 Å². The average Bonchev–Trinajstić information content (AvgIpc) is 3.18. The molecule has 2 aromatic carbocycles. The third-order valence-corrected chi connectivity index (χ3v) is 7.09. The van der Waals surface area contributed by atoms with Gasteiger partial charge in [-0.15, -0.1) is 0 Å². The number of carbonyl (C=O) groups excluding carboxylic acids is 3. The van der Waals surface area contributed by atoms with Gasteiger partial charge >= 0.3 is 5.97 Å². The molecule has 0 aliphatic carbocycles. The Morgan fingerprint density at radius 1 is 0.921 bits per heavy atom. The summed E-state index contributed by atoms with van der Waals surface area (Å²) >= 11 is 6.01. The van der Waals surface area contributed by atoms with Crippen molar-refractivity contribution in [1.82, 2.24) is 9.80 Å². The highest BCUT2D eigenvalue weighted by Gasteiger charge is 2.45. The quantitative estimate of drug-likeness (QED) is 0.149. The lowest BCUT2D eigenvalue weighted by Gasteiger charge is -2.27. The van der Waals surface area contributed by atoms with Gasteiger partial charge in [0.2, 0.25) is 0 Å². The van der Waals surface area contributed by atoms with E-state index in [2.05, 4.69) is 18.7 Å². The van der Waals surface area contributed by atoms with Crippen molar-refractivity contribution in [2.24, 2.45) is 0 Å². The largest absolute Gasteiger partial charge is 0.507 e. The number of rotatable bonds is 13. The number of ketones is 1. The van der Waals surface area contributed by atoms with E-state index in [-0.39, 0.29) is 11.3 Å². The zero-order valence-electron chi connectivity index (χ0n) is 22.4. The van der Waals surface area contributed by atoms with Crippen LogP contribution < -0.4 is 0 Å². The lowest BCUT2D eigenvalue weighted by Crippen LogP contribution is -2.34. The van der Waals surface area contributed by atoms with Crippen molar-refractivity contribution >= 4 is 35.0 Å². The van der Waals surface area contributed by atoms with Crippen molar-refractivity contribution in [1.29, 1.82) is 0 Å². The van der Waals surface area contributed by atoms with Gasteiger partial charge in [0.15, 0.2) is 0 Å². The Hall–Kier alpha value is -3.16. The van der Waals surface area contributed by atoms with Gasteiger partial charge in [-0.25, -0.2) is 4.79 Å². The van der Waals surface area contributed by atoms with Crippen molar-refractivity contribution in [2.75, 3.05) is 33.3 Å². The number of Topliss-reactive ketones (excluding diaryl/α,β-unsaturated/α-hetero) is 1. The van der Waals surface area contributed by atoms with E-state index >= 15 is 0 Å². The normalized spacial score (nSPS) is 16.9. The second-order valence-corrected chi connectivity index (χ2v) is 9.95. The zero-order valence-corrected chi connectivity index (χ0v) is 23.2. The van der Waals surface area contributed by atoms with Crippen LogP contribution in [0.1, 0.15) is 73.5 Å². The fourth-order valence-electron chi connectivity index (χ4n) is 4.70. The first-order chi connectivity index (χ1) is 18.3. The molecule has 1 aliphatic heterocycles. The smallest absolute Gasteiger partial charge is 0.337 e. The van der Waals surface area contributed by atoms with Crippen LogP contribution in [0.2, 0.25) is 5.02 Å². The summed E-state index contributed by atoms with van der Waals surface area (Å²) < 4.78 is 4.79. The molecule has 1 atom stereocenters. The number of esters is 1. The van der Waals surface area contributed by atoms with Crippen molar-refractivity contribution in [3.63, 3.8) is 0 Å². The highest BCUT2D eigenvalue weighted by atomic mass is 35.5. The van der Waals surface area contributed by atoms with E-state index in [4.69, 9.17) is 16.3 Å². The minimum Gasteiger partial charge on any atom is -0.507 e. The number of hydrogen-bond acceptors (Lipinski definition) is 6. The molecule has 0 radical (unpaired) electrons. The molecule has 0 aromatic heterocycles. The molecule has 1 fully saturated rings. The SMILES string of the molecule is CCCCN(CCCC)CCCN1C(=O)C(=O)/C(=C(/O)c2ccc(Cl)cc2)C1c1ccc(C(=O)OC)cc1. The number of ether oxygens (including phenoxy) is 1. The van der Waals surface area contributed by atoms with Crippen LogP contribution in [0, 0.1) is 0 Å². The number of halogens is 1. The van der Waals surface area contributed by atoms with Gasteiger partial charge in [-0.1, -0.05) is 50.4 Å². The summed E-state index contributed by atoms with van der Waals surface area (Å²) in [5.74, 6) is -2.10. The number of nitrogens with zero attached hydrogens (tertiary/aromatic N) is 2. The lowest BCUT2D eigenvalue weighted by molar-refractivity contribution is -0.140. The maximum Gasteiger partial charge on any atom is 0.337 e. The molecule has 7 nitrogen and oxygen atoms in total. The topological polar surface area (TPSA) is 87.2 Å². The van der Waals surface area contributed by atoms with Crippen LogP contribution in [-0.4, -0.2) is 65.9 Å². The van der Waals surface area contributed by atoms with E-state index in [9.17, 15) is 19.5 Å². The fraction of sp³-hybridized carbons (Fsp3) is 0.433. The Balaban J connectivity index is 1.94. The first-order valence-corrected chi connectivity index (χ1v) is 13.6. The molecule has 8 heteroatoms. The maximum absolute atomic E-state index is 13.3. The molecule has 2 aromatic rings. The third-order valence-electron chi connectivity index (χ3n) is 6.83. The molecule has 0 spiro atoms. The Morgan fingerprint density at radius 2 is 1.47 bits per heavy atom. The first kappa shape index (κ1) is 29.4. The van der Waals surface area contributed by atoms with Crippen LogP contribution in [0.15, 0.2) is 54.1 Å². The van der Waals surface area contributed by atoms with Gasteiger partial charge in [-0.2, -0.15) is 0 Å². The Labute approximate surface area is 230 Å². The van der Waals surface area contributed by atoms with Crippen LogP contribution in [0.25, 0.3) is 5.76 Å². The Bertz CT molecular complexity index is 1140. The van der Waals surface area contributed by atoms with Crippen LogP contribution in [0.5, 0.6) is 0 Å². The summed E-state index contributed by atoms with van der Waals surface area (Å²) in [6.45, 7) is 7.52. The predicted octanol–water partition coefficient (Wildman–Crippen LogP) is 5.84. The molecule has 1 saturated heterocycles. The zero-order chi connectivity index (χ0) is 27.7. The molecular weight excluding hydrogens is 504 g/mol. The standard InChI is InChI=1S/C30H37ClN2O5/c1-4-6-17-32(18-7-5-2)19-8-20-33-26(21-9-11-23(12-10-21)30(37)38-3)25(28(35)29(33)36)27(34)22-13-15-24(31)16-14-22/h9-16,26,34H,4-8,17-20H2,1-3H3/b27-25+. The molecule has 38 heavy (non-hydrogen) atoms. The maximum atomic E-state index is 13.3. The average molecular weight is 541 g/mol. The summed E-state index contributed by atoms with van der Waals surface area (Å²) in [6.07, 6.45) is 5.15. The van der Waals surface area contributed by atoms with E-state index in [1.165, 1.54) is 12.0 Å². The van der Waals surface area contributed by atoms with Crippen LogP contribution >= 0.6 is 11.6 Å². The van der Waals surface area contributed by atoms with E-state index in [1.807, 2.05) is 0 Å². The minimum atomic E-state index is -0.780. The number of amides is 1. The van der Waals surface area contributed by atoms with Gasteiger partial charge in [0.25, 0.3) is 11.7 Å². The van der Waals surface area contributed by atoms with Crippen LogP contribution in [0.4, 0.5) is 0 Å². The molecule has 1 amide bonds. The predicted molar refractivity (Wildman–Crippen MR) is 149 cm³/mol. The number of methoxy groups -OCH3 is 1. The number of benzene rings is 2. The molecule has 0 saturated carbocycles. The second kappa shape index (κ2) is 14.1. The summed E-state index contributed by atoms with van der Waals surface area (Å²) in [5, 5.41) is 11.7. The van der Waals surface area contributed by atoms with E-state index < -0.39 is 23.7 Å². The number of aliphatic hydroxyl groups excluding tert-OH is 1. The Kier molecular flexibility index (Phi) is 10.9. The molecule has 204 valence electrons. The van der Waals surface area contributed by atoms with Crippen LogP contribution in [-0.2, 0) is 14.3 Å². The number of likely N-dealkylation sites (tertiary alicyclic amines) is 1. The van der Waals surface area contributed by atoms with Gasteiger partial charge in [-0.3, -0.25) is 9.59 Å².